The molecule has 2 amide bonds. The third kappa shape index (κ3) is 3.88. The molecule has 160 valence electrons. The van der Waals surface area contributed by atoms with E-state index in [0.29, 0.717) is 30.4 Å². The van der Waals surface area contributed by atoms with Gasteiger partial charge in [-0.25, -0.2) is 4.79 Å². The second-order valence-electron chi connectivity index (χ2n) is 8.41. The zero-order valence-corrected chi connectivity index (χ0v) is 17.2. The predicted octanol–water partition coefficient (Wildman–Crippen LogP) is 3.52. The SMILES string of the molecule is O=C(O)NCC1CCCN(Cc2ccc3c(c2)CO/C3=C2/C(=O)Nc3ccccc32)C1. The van der Waals surface area contributed by atoms with Crippen LogP contribution in [0.25, 0.3) is 11.3 Å². The summed E-state index contributed by atoms with van der Waals surface area (Å²) in [6.07, 6.45) is 1.17. The first-order valence-corrected chi connectivity index (χ1v) is 10.7. The van der Waals surface area contributed by atoms with Crippen LogP contribution in [-0.2, 0) is 22.7 Å². The fraction of sp³-hybridized carbons (Fsp3) is 0.333. The molecule has 3 N–H and O–H groups in total. The molecule has 0 radical (unpaired) electrons. The lowest BCUT2D eigenvalue weighted by atomic mass is 9.96. The summed E-state index contributed by atoms with van der Waals surface area (Å²) in [4.78, 5) is 25.7. The molecule has 7 nitrogen and oxygen atoms in total. The Hall–Kier alpha value is -3.32. The van der Waals surface area contributed by atoms with Crippen LogP contribution in [0.5, 0.6) is 0 Å². The number of anilines is 1. The summed E-state index contributed by atoms with van der Waals surface area (Å²) in [5, 5.41) is 14.3. The summed E-state index contributed by atoms with van der Waals surface area (Å²) in [6, 6.07) is 14.0. The Balaban J connectivity index is 1.34. The Kier molecular flexibility index (Phi) is 5.11. The van der Waals surface area contributed by atoms with Crippen molar-refractivity contribution < 1.29 is 19.4 Å². The molecule has 1 fully saturated rings. The first-order chi connectivity index (χ1) is 15.1. The van der Waals surface area contributed by atoms with Crippen molar-refractivity contribution in [1.82, 2.24) is 10.2 Å². The highest BCUT2D eigenvalue weighted by Gasteiger charge is 2.32. The maximum Gasteiger partial charge on any atom is 0.404 e. The van der Waals surface area contributed by atoms with Crippen LogP contribution >= 0.6 is 0 Å². The van der Waals surface area contributed by atoms with E-state index in [-0.39, 0.29) is 5.91 Å². The average molecular weight is 419 g/mol. The number of fused-ring (bicyclic) bond motifs is 2. The van der Waals surface area contributed by atoms with Crippen molar-refractivity contribution in [3.63, 3.8) is 0 Å². The second-order valence-corrected chi connectivity index (χ2v) is 8.41. The number of likely N-dealkylation sites (tertiary alicyclic amines) is 1. The van der Waals surface area contributed by atoms with E-state index in [4.69, 9.17) is 9.84 Å². The van der Waals surface area contributed by atoms with Gasteiger partial charge in [0.05, 0.1) is 5.57 Å². The summed E-state index contributed by atoms with van der Waals surface area (Å²) >= 11 is 0. The van der Waals surface area contributed by atoms with Crippen LogP contribution in [0.3, 0.4) is 0 Å². The molecule has 0 aliphatic carbocycles. The Labute approximate surface area is 180 Å². The van der Waals surface area contributed by atoms with E-state index in [1.165, 1.54) is 5.56 Å². The highest BCUT2D eigenvalue weighted by molar-refractivity contribution is 6.36. The zero-order chi connectivity index (χ0) is 21.4. The molecule has 0 spiro atoms. The van der Waals surface area contributed by atoms with Gasteiger partial charge in [-0.05, 0) is 36.9 Å². The van der Waals surface area contributed by atoms with Crippen LogP contribution < -0.4 is 10.6 Å². The molecule has 1 unspecified atom stereocenters. The number of rotatable bonds is 4. The van der Waals surface area contributed by atoms with Crippen molar-refractivity contribution in [3.8, 4) is 0 Å². The van der Waals surface area contributed by atoms with Crippen molar-refractivity contribution in [2.45, 2.75) is 26.0 Å². The molecule has 7 heteroatoms. The predicted molar refractivity (Wildman–Crippen MR) is 117 cm³/mol. The van der Waals surface area contributed by atoms with Gasteiger partial charge < -0.3 is 20.5 Å². The van der Waals surface area contributed by atoms with E-state index in [9.17, 15) is 9.59 Å². The maximum atomic E-state index is 12.6. The van der Waals surface area contributed by atoms with Gasteiger partial charge in [-0.2, -0.15) is 0 Å². The topological polar surface area (TPSA) is 90.9 Å². The minimum absolute atomic E-state index is 0.123. The molecule has 3 aliphatic heterocycles. The third-order valence-electron chi connectivity index (χ3n) is 6.24. The van der Waals surface area contributed by atoms with E-state index in [1.54, 1.807) is 0 Å². The molecule has 3 heterocycles. The number of nitrogens with one attached hydrogen (secondary N) is 2. The number of benzene rings is 2. The van der Waals surface area contributed by atoms with E-state index in [2.05, 4.69) is 33.7 Å². The highest BCUT2D eigenvalue weighted by atomic mass is 16.5. The Morgan fingerprint density at radius 2 is 2.10 bits per heavy atom. The van der Waals surface area contributed by atoms with Gasteiger partial charge in [-0.15, -0.1) is 0 Å². The summed E-state index contributed by atoms with van der Waals surface area (Å²) in [6.45, 7) is 3.70. The zero-order valence-electron chi connectivity index (χ0n) is 17.2. The third-order valence-corrected chi connectivity index (χ3v) is 6.24. The summed E-state index contributed by atoms with van der Waals surface area (Å²) in [7, 11) is 0. The monoisotopic (exact) mass is 419 g/mol. The van der Waals surface area contributed by atoms with E-state index < -0.39 is 6.09 Å². The largest absolute Gasteiger partial charge is 0.487 e. The molecule has 2 aromatic carbocycles. The molecule has 3 aliphatic rings. The van der Waals surface area contributed by atoms with Gasteiger partial charge in [0.1, 0.15) is 12.4 Å². The minimum atomic E-state index is -0.959. The number of carboxylic acid groups (broad SMARTS) is 1. The summed E-state index contributed by atoms with van der Waals surface area (Å²) < 4.78 is 5.99. The molecular weight excluding hydrogens is 394 g/mol. The minimum Gasteiger partial charge on any atom is -0.487 e. The molecule has 0 bridgehead atoms. The Bertz CT molecular complexity index is 1080. The van der Waals surface area contributed by atoms with Crippen LogP contribution in [-0.4, -0.2) is 41.6 Å². The van der Waals surface area contributed by atoms with Gasteiger partial charge in [-0.3, -0.25) is 9.69 Å². The normalized spacial score (nSPS) is 22.5. The number of ether oxygens (including phenoxy) is 1. The molecule has 2 aromatic rings. The van der Waals surface area contributed by atoms with Crippen molar-refractivity contribution in [3.05, 3.63) is 64.7 Å². The van der Waals surface area contributed by atoms with Crippen LogP contribution in [0.15, 0.2) is 42.5 Å². The number of carbonyl (C=O) groups excluding carboxylic acids is 1. The molecule has 5 rings (SSSR count). The number of hydrogen-bond donors (Lipinski definition) is 3. The van der Waals surface area contributed by atoms with E-state index in [1.807, 2.05) is 24.3 Å². The van der Waals surface area contributed by atoms with E-state index >= 15 is 0 Å². The van der Waals surface area contributed by atoms with Crippen LogP contribution in [0.2, 0.25) is 0 Å². The lowest BCUT2D eigenvalue weighted by Gasteiger charge is -2.32. The standard InChI is InChI=1S/C24H25N3O4/c28-23-21(19-5-1-2-6-20(19)26-23)22-18-8-7-15(10-17(18)14-31-22)12-27-9-3-4-16(13-27)11-25-24(29)30/h1-2,5-8,10,16,25H,3-4,9,11-14H2,(H,26,28)(H,29,30)/b22-21+. The summed E-state index contributed by atoms with van der Waals surface area (Å²) in [5.41, 5.74) is 5.59. The van der Waals surface area contributed by atoms with Crippen LogP contribution in [0.1, 0.15) is 35.1 Å². The van der Waals surface area contributed by atoms with Crippen molar-refractivity contribution in [2.24, 2.45) is 5.92 Å². The van der Waals surface area contributed by atoms with Crippen molar-refractivity contribution in [2.75, 3.05) is 25.0 Å². The van der Waals surface area contributed by atoms with Gasteiger partial charge in [-0.1, -0.05) is 36.4 Å². The molecule has 1 atom stereocenters. The lowest BCUT2D eigenvalue weighted by molar-refractivity contribution is -0.110. The molecule has 31 heavy (non-hydrogen) atoms. The fourth-order valence-corrected chi connectivity index (χ4v) is 4.81. The van der Waals surface area contributed by atoms with Crippen molar-refractivity contribution in [1.29, 1.82) is 0 Å². The van der Waals surface area contributed by atoms with Crippen LogP contribution in [0.4, 0.5) is 10.5 Å². The number of carbonyl (C=O) groups is 2. The van der Waals surface area contributed by atoms with Gasteiger partial charge in [0.25, 0.3) is 5.91 Å². The summed E-state index contributed by atoms with van der Waals surface area (Å²) in [5.74, 6) is 0.879. The maximum absolute atomic E-state index is 12.6. The number of nitrogens with zero attached hydrogens (tertiary/aromatic N) is 1. The first-order valence-electron chi connectivity index (χ1n) is 10.7. The Morgan fingerprint density at radius 3 is 2.97 bits per heavy atom. The number of hydrogen-bond acceptors (Lipinski definition) is 4. The smallest absolute Gasteiger partial charge is 0.404 e. The molecular formula is C24H25N3O4. The molecule has 0 saturated carbocycles. The number of amides is 2. The van der Waals surface area contributed by atoms with Crippen LogP contribution in [0, 0.1) is 5.92 Å². The molecule has 1 saturated heterocycles. The lowest BCUT2D eigenvalue weighted by Crippen LogP contribution is -2.40. The molecule has 0 aromatic heterocycles. The highest BCUT2D eigenvalue weighted by Crippen LogP contribution is 2.41. The quantitative estimate of drug-likeness (QED) is 0.660. The van der Waals surface area contributed by atoms with Gasteiger partial charge >= 0.3 is 6.09 Å². The van der Waals surface area contributed by atoms with Crippen molar-refractivity contribution >= 4 is 29.0 Å². The number of piperidine rings is 1. The van der Waals surface area contributed by atoms with Gasteiger partial charge in [0, 0.05) is 42.0 Å². The number of para-hydroxylation sites is 1. The first kappa shape index (κ1) is 19.6. The fourth-order valence-electron chi connectivity index (χ4n) is 4.81. The Morgan fingerprint density at radius 1 is 1.23 bits per heavy atom. The second kappa shape index (κ2) is 8.07. The van der Waals surface area contributed by atoms with E-state index in [0.717, 1.165) is 54.9 Å². The van der Waals surface area contributed by atoms with Gasteiger partial charge in [0.15, 0.2) is 0 Å². The van der Waals surface area contributed by atoms with Gasteiger partial charge in [0.2, 0.25) is 0 Å². The average Bonchev–Trinajstić information content (AvgIpc) is 3.31.